The number of fused-ring (bicyclic) bond motifs is 3. The lowest BCUT2D eigenvalue weighted by molar-refractivity contribution is 0.271. The summed E-state index contributed by atoms with van der Waals surface area (Å²) in [6, 6.07) is 5.84. The van der Waals surface area contributed by atoms with Crippen LogP contribution in [0.1, 0.15) is 18.3 Å². The van der Waals surface area contributed by atoms with Gasteiger partial charge in [0, 0.05) is 5.39 Å². The van der Waals surface area contributed by atoms with Gasteiger partial charge in [0.15, 0.2) is 11.5 Å². The molecular weight excluding hydrogens is 232 g/mol. The lowest BCUT2D eigenvalue weighted by Crippen LogP contribution is -2.17. The van der Waals surface area contributed by atoms with Crippen LogP contribution in [-0.4, -0.2) is 24.7 Å². The first-order chi connectivity index (χ1) is 8.72. The van der Waals surface area contributed by atoms with Crippen molar-refractivity contribution in [3.63, 3.8) is 0 Å². The summed E-state index contributed by atoms with van der Waals surface area (Å²) in [7, 11) is 0. The van der Waals surface area contributed by atoms with Gasteiger partial charge in [-0.2, -0.15) is 4.52 Å². The fourth-order valence-corrected chi connectivity index (χ4v) is 2.02. The molecule has 92 valence electrons. The van der Waals surface area contributed by atoms with Crippen molar-refractivity contribution in [2.75, 3.05) is 0 Å². The number of hydrogen-bond donors (Lipinski definition) is 2. The molecule has 2 N–H and O–H groups in total. The Hall–Kier alpha value is -2.21. The summed E-state index contributed by atoms with van der Waals surface area (Å²) in [5, 5.41) is 13.8. The third-order valence-corrected chi connectivity index (χ3v) is 2.96. The molecule has 0 fully saturated rings. The zero-order valence-corrected chi connectivity index (χ0v) is 9.84. The van der Waals surface area contributed by atoms with E-state index in [0.717, 1.165) is 22.9 Å². The molecule has 0 saturated heterocycles. The highest BCUT2D eigenvalue weighted by molar-refractivity contribution is 5.91. The third kappa shape index (κ3) is 1.50. The van der Waals surface area contributed by atoms with Crippen molar-refractivity contribution in [2.45, 2.75) is 20.0 Å². The minimum atomic E-state index is -0.349. The van der Waals surface area contributed by atoms with Crippen LogP contribution in [0.2, 0.25) is 0 Å². The van der Waals surface area contributed by atoms with E-state index in [2.05, 4.69) is 22.0 Å². The van der Waals surface area contributed by atoms with Gasteiger partial charge in [-0.05, 0) is 24.1 Å². The fourth-order valence-electron chi connectivity index (χ4n) is 2.02. The van der Waals surface area contributed by atoms with Crippen molar-refractivity contribution in [1.29, 1.82) is 0 Å². The first kappa shape index (κ1) is 10.9. The molecular formula is C12H12N4O2. The van der Waals surface area contributed by atoms with E-state index in [1.165, 1.54) is 4.52 Å². The van der Waals surface area contributed by atoms with Crippen LogP contribution in [0.5, 0.6) is 0 Å². The van der Waals surface area contributed by atoms with E-state index < -0.39 is 0 Å². The summed E-state index contributed by atoms with van der Waals surface area (Å²) < 4.78 is 1.18. The van der Waals surface area contributed by atoms with E-state index >= 15 is 0 Å². The van der Waals surface area contributed by atoms with Gasteiger partial charge in [0.05, 0.1) is 5.52 Å². The second-order valence-corrected chi connectivity index (χ2v) is 4.09. The molecule has 6 heteroatoms. The summed E-state index contributed by atoms with van der Waals surface area (Å²) in [5.41, 5.74) is 2.01. The number of nitrogens with zero attached hydrogens (tertiary/aromatic N) is 3. The Labute approximate surface area is 102 Å². The topological polar surface area (TPSA) is 83.3 Å². The average Bonchev–Trinajstić information content (AvgIpc) is 2.83. The second-order valence-electron chi connectivity index (χ2n) is 4.09. The maximum Gasteiger partial charge on any atom is 0.348 e. The summed E-state index contributed by atoms with van der Waals surface area (Å²) in [6.45, 7) is 1.77. The van der Waals surface area contributed by atoms with Crippen LogP contribution in [0.3, 0.4) is 0 Å². The van der Waals surface area contributed by atoms with E-state index in [9.17, 15) is 4.79 Å². The number of aliphatic hydroxyl groups excluding tert-OH is 1. The van der Waals surface area contributed by atoms with Gasteiger partial charge < -0.3 is 10.1 Å². The standard InChI is InChI=1S/C12H12N4O2/c1-2-7-3-4-8-9(5-7)13-12(18)16-11(8)14-10(6-17)15-16/h3-5,17H,2,6H2,1H3,(H,13,18). The highest BCUT2D eigenvalue weighted by Gasteiger charge is 2.10. The number of H-pyrrole nitrogens is 1. The van der Waals surface area contributed by atoms with Crippen molar-refractivity contribution in [1.82, 2.24) is 19.6 Å². The molecule has 0 amide bonds. The van der Waals surface area contributed by atoms with Crippen molar-refractivity contribution in [3.05, 3.63) is 40.1 Å². The predicted octanol–water partition coefficient (Wildman–Crippen LogP) is 0.625. The summed E-state index contributed by atoms with van der Waals surface area (Å²) in [5.74, 6) is 0.243. The Morgan fingerprint density at radius 3 is 3.00 bits per heavy atom. The highest BCUT2D eigenvalue weighted by atomic mass is 16.3. The Morgan fingerprint density at radius 2 is 2.28 bits per heavy atom. The van der Waals surface area contributed by atoms with Crippen LogP contribution in [0.15, 0.2) is 23.0 Å². The molecule has 18 heavy (non-hydrogen) atoms. The SMILES string of the molecule is CCc1ccc2c(c1)[nH]c(=O)n1nc(CO)nc21. The molecule has 6 nitrogen and oxygen atoms in total. The number of hydrogen-bond acceptors (Lipinski definition) is 4. The van der Waals surface area contributed by atoms with Crippen LogP contribution in [0, 0.1) is 0 Å². The van der Waals surface area contributed by atoms with Gasteiger partial charge in [0.2, 0.25) is 0 Å². The maximum absolute atomic E-state index is 11.8. The van der Waals surface area contributed by atoms with Gasteiger partial charge in [0.25, 0.3) is 0 Å². The van der Waals surface area contributed by atoms with Gasteiger partial charge in [0.1, 0.15) is 6.61 Å². The molecule has 0 bridgehead atoms. The number of aliphatic hydroxyl groups is 1. The lowest BCUT2D eigenvalue weighted by Gasteiger charge is -2.01. The van der Waals surface area contributed by atoms with Crippen molar-refractivity contribution < 1.29 is 5.11 Å². The Kier molecular flexibility index (Phi) is 2.38. The predicted molar refractivity (Wildman–Crippen MR) is 66.4 cm³/mol. The number of benzene rings is 1. The smallest absolute Gasteiger partial charge is 0.348 e. The van der Waals surface area contributed by atoms with Gasteiger partial charge >= 0.3 is 5.69 Å². The summed E-state index contributed by atoms with van der Waals surface area (Å²) in [6.07, 6.45) is 0.901. The monoisotopic (exact) mass is 244 g/mol. The van der Waals surface area contributed by atoms with Crippen molar-refractivity contribution in [2.24, 2.45) is 0 Å². The first-order valence-corrected chi connectivity index (χ1v) is 5.74. The molecule has 0 aliphatic carbocycles. The third-order valence-electron chi connectivity index (χ3n) is 2.96. The van der Waals surface area contributed by atoms with E-state index in [4.69, 9.17) is 5.11 Å². The number of nitrogens with one attached hydrogen (secondary N) is 1. The molecule has 0 spiro atoms. The zero-order valence-electron chi connectivity index (χ0n) is 9.84. The molecule has 1 aromatic carbocycles. The summed E-state index contributed by atoms with van der Waals surface area (Å²) >= 11 is 0. The second kappa shape index (κ2) is 3.92. The fraction of sp³-hybridized carbons (Fsp3) is 0.250. The zero-order chi connectivity index (χ0) is 12.7. The molecule has 3 rings (SSSR count). The van der Waals surface area contributed by atoms with Crippen LogP contribution in [-0.2, 0) is 13.0 Å². The minimum absolute atomic E-state index is 0.243. The van der Waals surface area contributed by atoms with Gasteiger partial charge in [-0.25, -0.2) is 9.78 Å². The Bertz CT molecular complexity index is 788. The molecule has 0 saturated carbocycles. The Balaban J connectivity index is 2.45. The number of aryl methyl sites for hydroxylation is 1. The lowest BCUT2D eigenvalue weighted by atomic mass is 10.1. The van der Waals surface area contributed by atoms with E-state index in [1.807, 2.05) is 18.2 Å². The minimum Gasteiger partial charge on any atom is -0.388 e. The first-order valence-electron chi connectivity index (χ1n) is 5.74. The van der Waals surface area contributed by atoms with Gasteiger partial charge in [-0.15, -0.1) is 5.10 Å². The normalized spacial score (nSPS) is 11.4. The maximum atomic E-state index is 11.8. The van der Waals surface area contributed by atoms with Gasteiger partial charge in [-0.1, -0.05) is 13.0 Å². The van der Waals surface area contributed by atoms with Crippen LogP contribution in [0.25, 0.3) is 16.6 Å². The molecule has 0 aliphatic rings. The molecule has 0 unspecified atom stereocenters. The van der Waals surface area contributed by atoms with Crippen molar-refractivity contribution >= 4 is 16.6 Å². The molecule has 2 aromatic heterocycles. The molecule has 0 atom stereocenters. The van der Waals surface area contributed by atoms with Crippen LogP contribution >= 0.6 is 0 Å². The van der Waals surface area contributed by atoms with E-state index in [0.29, 0.717) is 5.65 Å². The average molecular weight is 244 g/mol. The summed E-state index contributed by atoms with van der Waals surface area (Å²) in [4.78, 5) is 18.8. The Morgan fingerprint density at radius 1 is 1.44 bits per heavy atom. The quantitative estimate of drug-likeness (QED) is 0.692. The number of aromatic nitrogens is 4. The van der Waals surface area contributed by atoms with Crippen molar-refractivity contribution in [3.8, 4) is 0 Å². The number of rotatable bonds is 2. The van der Waals surface area contributed by atoms with E-state index in [-0.39, 0.29) is 18.1 Å². The van der Waals surface area contributed by atoms with Gasteiger partial charge in [-0.3, -0.25) is 0 Å². The molecule has 2 heterocycles. The number of aromatic amines is 1. The molecule has 0 radical (unpaired) electrons. The van der Waals surface area contributed by atoms with Crippen LogP contribution < -0.4 is 5.69 Å². The largest absolute Gasteiger partial charge is 0.388 e. The molecule has 3 aromatic rings. The molecule has 0 aliphatic heterocycles. The van der Waals surface area contributed by atoms with E-state index in [1.54, 1.807) is 0 Å². The van der Waals surface area contributed by atoms with Crippen LogP contribution in [0.4, 0.5) is 0 Å². The highest BCUT2D eigenvalue weighted by Crippen LogP contribution is 2.17.